The van der Waals surface area contributed by atoms with Gasteiger partial charge in [-0.15, -0.1) is 0 Å². The van der Waals surface area contributed by atoms with E-state index in [-0.39, 0.29) is 11.9 Å². The van der Waals surface area contributed by atoms with E-state index in [1.807, 2.05) is 17.0 Å². The molecule has 0 unspecified atom stereocenters. The van der Waals surface area contributed by atoms with Crippen molar-refractivity contribution >= 4 is 23.5 Å². The number of hydrogen-bond donors (Lipinski definition) is 0. The summed E-state index contributed by atoms with van der Waals surface area (Å²) in [5.74, 6) is 0.691. The van der Waals surface area contributed by atoms with Crippen molar-refractivity contribution < 1.29 is 9.53 Å². The van der Waals surface area contributed by atoms with Gasteiger partial charge in [0.15, 0.2) is 0 Å². The summed E-state index contributed by atoms with van der Waals surface area (Å²) in [5.41, 5.74) is 5.16. The zero-order valence-electron chi connectivity index (χ0n) is 20.1. The maximum Gasteiger partial charge on any atom is 0.257 e. The topological polar surface area (TPSA) is 58.6 Å². The molecule has 1 amide bonds. The molecular weight excluding hydrogens is 460 g/mol. The predicted octanol–water partition coefficient (Wildman–Crippen LogP) is 5.04. The van der Waals surface area contributed by atoms with E-state index in [0.717, 1.165) is 36.5 Å². The fourth-order valence-corrected chi connectivity index (χ4v) is 5.16. The number of aryl methyl sites for hydroxylation is 3. The minimum Gasteiger partial charge on any atom is -0.378 e. The van der Waals surface area contributed by atoms with Crippen LogP contribution in [0.25, 0.3) is 0 Å². The molecule has 0 saturated carbocycles. The standard InChI is InChI=1S/C28H31ClN4O2/c1-20-5-2-3-6-21(20)10-13-25-24(27(34)32-15-17-35-18-16-32)19-30-28(31-25)33-14-4-7-26(33)22-8-11-23(29)12-9-22/h2-3,5-6,8-9,11-12,19,26H,4,7,10,13-18H2,1H3/t26-/m0/s1. The van der Waals surface area contributed by atoms with Crippen LogP contribution in [0, 0.1) is 6.92 Å². The SMILES string of the molecule is Cc1ccccc1CCc1nc(N2CCC[C@H]2c2ccc(Cl)cc2)ncc1C(=O)N1CCOCC1. The fourth-order valence-electron chi connectivity index (χ4n) is 5.03. The van der Waals surface area contributed by atoms with Crippen molar-refractivity contribution in [3.05, 3.63) is 87.7 Å². The zero-order chi connectivity index (χ0) is 24.2. The molecule has 7 heteroatoms. The summed E-state index contributed by atoms with van der Waals surface area (Å²) in [5, 5.41) is 0.735. The first-order chi connectivity index (χ1) is 17.1. The molecule has 5 rings (SSSR count). The van der Waals surface area contributed by atoms with E-state index in [4.69, 9.17) is 26.3 Å². The van der Waals surface area contributed by atoms with Crippen molar-refractivity contribution in [1.29, 1.82) is 0 Å². The van der Waals surface area contributed by atoms with Crippen molar-refractivity contribution in [2.24, 2.45) is 0 Å². The van der Waals surface area contributed by atoms with Gasteiger partial charge in [-0.05, 0) is 61.4 Å². The highest BCUT2D eigenvalue weighted by Gasteiger charge is 2.30. The molecule has 1 aromatic heterocycles. The number of morpholine rings is 1. The largest absolute Gasteiger partial charge is 0.378 e. The van der Waals surface area contributed by atoms with Crippen LogP contribution in [-0.4, -0.2) is 53.6 Å². The number of ether oxygens (including phenoxy) is 1. The molecule has 2 aliphatic rings. The van der Waals surface area contributed by atoms with Crippen molar-refractivity contribution in [2.75, 3.05) is 37.7 Å². The number of benzene rings is 2. The number of aromatic nitrogens is 2. The Hall–Kier alpha value is -2.96. The lowest BCUT2D eigenvalue weighted by atomic mass is 10.0. The molecule has 0 N–H and O–H groups in total. The first-order valence-corrected chi connectivity index (χ1v) is 12.8. The number of nitrogens with zero attached hydrogens (tertiary/aromatic N) is 4. The summed E-state index contributed by atoms with van der Waals surface area (Å²) < 4.78 is 5.44. The molecule has 182 valence electrons. The van der Waals surface area contributed by atoms with Crippen LogP contribution in [0.1, 0.15) is 51.6 Å². The van der Waals surface area contributed by atoms with E-state index < -0.39 is 0 Å². The minimum atomic E-state index is -0.00435. The Kier molecular flexibility index (Phi) is 7.30. The van der Waals surface area contributed by atoms with Gasteiger partial charge >= 0.3 is 0 Å². The first-order valence-electron chi connectivity index (χ1n) is 12.4. The van der Waals surface area contributed by atoms with Gasteiger partial charge in [0.05, 0.1) is 30.5 Å². The number of halogens is 1. The Bertz CT molecular complexity index is 1180. The van der Waals surface area contributed by atoms with Gasteiger partial charge in [0.2, 0.25) is 5.95 Å². The van der Waals surface area contributed by atoms with Gasteiger partial charge in [-0.3, -0.25) is 4.79 Å². The third-order valence-corrected chi connectivity index (χ3v) is 7.29. The molecule has 0 spiro atoms. The molecule has 3 aromatic rings. The van der Waals surface area contributed by atoms with E-state index in [9.17, 15) is 4.79 Å². The highest BCUT2D eigenvalue weighted by atomic mass is 35.5. The van der Waals surface area contributed by atoms with Crippen LogP contribution in [-0.2, 0) is 17.6 Å². The van der Waals surface area contributed by atoms with Crippen molar-refractivity contribution in [3.63, 3.8) is 0 Å². The van der Waals surface area contributed by atoms with Crippen LogP contribution in [0.5, 0.6) is 0 Å². The molecule has 0 radical (unpaired) electrons. The number of carbonyl (C=O) groups excluding carboxylic acids is 1. The van der Waals surface area contributed by atoms with Crippen molar-refractivity contribution in [3.8, 4) is 0 Å². The summed E-state index contributed by atoms with van der Waals surface area (Å²) in [6, 6.07) is 16.6. The number of hydrogen-bond acceptors (Lipinski definition) is 5. The highest BCUT2D eigenvalue weighted by molar-refractivity contribution is 6.30. The monoisotopic (exact) mass is 490 g/mol. The van der Waals surface area contributed by atoms with Gasteiger partial charge in [0, 0.05) is 30.9 Å². The molecule has 1 atom stereocenters. The summed E-state index contributed by atoms with van der Waals surface area (Å²) in [6.07, 6.45) is 5.37. The van der Waals surface area contributed by atoms with Gasteiger partial charge in [-0.25, -0.2) is 9.97 Å². The van der Waals surface area contributed by atoms with Crippen LogP contribution in [0.4, 0.5) is 5.95 Å². The Labute approximate surface area is 211 Å². The molecule has 2 aliphatic heterocycles. The Morgan fingerprint density at radius 1 is 1.06 bits per heavy atom. The van der Waals surface area contributed by atoms with Crippen LogP contribution >= 0.6 is 11.6 Å². The van der Waals surface area contributed by atoms with Crippen LogP contribution in [0.2, 0.25) is 5.02 Å². The number of anilines is 1. The van der Waals surface area contributed by atoms with Crippen LogP contribution < -0.4 is 4.90 Å². The van der Waals surface area contributed by atoms with E-state index in [1.54, 1.807) is 6.20 Å². The second-order valence-electron chi connectivity index (χ2n) is 9.26. The average Bonchev–Trinajstić information content (AvgIpc) is 3.39. The predicted molar refractivity (Wildman–Crippen MR) is 138 cm³/mol. The third kappa shape index (κ3) is 5.34. The van der Waals surface area contributed by atoms with E-state index >= 15 is 0 Å². The molecular formula is C28H31ClN4O2. The smallest absolute Gasteiger partial charge is 0.257 e. The lowest BCUT2D eigenvalue weighted by Gasteiger charge is -2.28. The summed E-state index contributed by atoms with van der Waals surface area (Å²) in [7, 11) is 0. The molecule has 35 heavy (non-hydrogen) atoms. The number of carbonyl (C=O) groups is 1. The van der Waals surface area contributed by atoms with Gasteiger partial charge < -0.3 is 14.5 Å². The zero-order valence-corrected chi connectivity index (χ0v) is 20.9. The van der Waals surface area contributed by atoms with E-state index in [2.05, 4.69) is 48.2 Å². The molecule has 2 aromatic carbocycles. The number of amides is 1. The lowest BCUT2D eigenvalue weighted by molar-refractivity contribution is 0.0301. The molecule has 3 heterocycles. The lowest BCUT2D eigenvalue weighted by Crippen LogP contribution is -2.41. The van der Waals surface area contributed by atoms with Gasteiger partial charge in [-0.2, -0.15) is 0 Å². The van der Waals surface area contributed by atoms with Gasteiger partial charge in [0.1, 0.15) is 0 Å². The van der Waals surface area contributed by atoms with E-state index in [0.29, 0.717) is 44.2 Å². The molecule has 0 aliphatic carbocycles. The van der Waals surface area contributed by atoms with Crippen molar-refractivity contribution in [1.82, 2.24) is 14.9 Å². The summed E-state index contributed by atoms with van der Waals surface area (Å²) in [4.78, 5) is 27.3. The van der Waals surface area contributed by atoms with E-state index in [1.165, 1.54) is 16.7 Å². The van der Waals surface area contributed by atoms with Gasteiger partial charge in [-0.1, -0.05) is 48.0 Å². The second-order valence-corrected chi connectivity index (χ2v) is 9.70. The highest BCUT2D eigenvalue weighted by Crippen LogP contribution is 2.35. The average molecular weight is 491 g/mol. The quantitative estimate of drug-likeness (QED) is 0.484. The number of rotatable bonds is 6. The minimum absolute atomic E-state index is 0.00435. The van der Waals surface area contributed by atoms with Crippen molar-refractivity contribution in [2.45, 2.75) is 38.6 Å². The van der Waals surface area contributed by atoms with Crippen LogP contribution in [0.15, 0.2) is 54.7 Å². The Balaban J connectivity index is 1.45. The van der Waals surface area contributed by atoms with Gasteiger partial charge in [0.25, 0.3) is 5.91 Å². The maximum atomic E-state index is 13.4. The summed E-state index contributed by atoms with van der Waals surface area (Å²) >= 11 is 6.12. The fraction of sp³-hybridized carbons (Fsp3) is 0.393. The molecule has 2 fully saturated rings. The molecule has 2 saturated heterocycles. The Morgan fingerprint density at radius 3 is 2.60 bits per heavy atom. The molecule has 6 nitrogen and oxygen atoms in total. The normalized spacial score (nSPS) is 18.2. The molecule has 0 bridgehead atoms. The second kappa shape index (κ2) is 10.8. The Morgan fingerprint density at radius 2 is 1.83 bits per heavy atom. The third-order valence-electron chi connectivity index (χ3n) is 7.04. The maximum absolute atomic E-state index is 13.4. The first kappa shape index (κ1) is 23.8. The van der Waals surface area contributed by atoms with Crippen LogP contribution in [0.3, 0.4) is 0 Å². The summed E-state index contributed by atoms with van der Waals surface area (Å²) in [6.45, 7) is 5.35.